The summed E-state index contributed by atoms with van der Waals surface area (Å²) in [5.41, 5.74) is 3.18. The topological polar surface area (TPSA) is 92.3 Å². The Labute approximate surface area is 172 Å². The number of pyridine rings is 2. The molecule has 2 aromatic heterocycles. The number of aryl methyl sites for hydroxylation is 1. The summed E-state index contributed by atoms with van der Waals surface area (Å²) in [6, 6.07) is 5.42. The molecule has 29 heavy (non-hydrogen) atoms. The predicted molar refractivity (Wildman–Crippen MR) is 114 cm³/mol. The number of nitrogens with zero attached hydrogens (tertiary/aromatic N) is 3. The molecule has 2 aromatic rings. The maximum absolute atomic E-state index is 13.0. The molecule has 3 rings (SSSR count). The third-order valence-corrected chi connectivity index (χ3v) is 7.22. The van der Waals surface area contributed by atoms with E-state index in [1.807, 2.05) is 19.1 Å². The molecule has 0 aromatic carbocycles. The Morgan fingerprint density at radius 3 is 2.52 bits per heavy atom. The lowest BCUT2D eigenvalue weighted by atomic mass is 9.83. The molecule has 3 heterocycles. The molecule has 0 bridgehead atoms. The van der Waals surface area contributed by atoms with Gasteiger partial charge in [-0.05, 0) is 54.5 Å². The van der Waals surface area contributed by atoms with Crippen LogP contribution in [0.2, 0.25) is 0 Å². The van der Waals surface area contributed by atoms with E-state index in [0.717, 1.165) is 24.0 Å². The smallest absolute Gasteiger partial charge is 0.222 e. The number of anilines is 1. The lowest BCUT2D eigenvalue weighted by molar-refractivity contribution is -0.114. The van der Waals surface area contributed by atoms with Gasteiger partial charge in [0, 0.05) is 43.7 Å². The summed E-state index contributed by atoms with van der Waals surface area (Å²) in [5.74, 6) is 0.179. The quantitative estimate of drug-likeness (QED) is 0.807. The van der Waals surface area contributed by atoms with Crippen LogP contribution in [0.3, 0.4) is 0 Å². The number of carbonyl (C=O) groups excluding carboxylic acids is 1. The fourth-order valence-corrected chi connectivity index (χ4v) is 5.01. The van der Waals surface area contributed by atoms with Crippen molar-refractivity contribution in [3.8, 4) is 11.1 Å². The van der Waals surface area contributed by atoms with Gasteiger partial charge in [0.2, 0.25) is 15.9 Å². The second-order valence-corrected chi connectivity index (χ2v) is 10.4. The highest BCUT2D eigenvalue weighted by molar-refractivity contribution is 7.88. The molecule has 7 nitrogen and oxygen atoms in total. The van der Waals surface area contributed by atoms with E-state index < -0.39 is 10.0 Å². The first kappa shape index (κ1) is 21.4. The molecule has 0 spiro atoms. The van der Waals surface area contributed by atoms with Crippen LogP contribution in [0, 0.1) is 12.3 Å². The Morgan fingerprint density at radius 2 is 1.86 bits per heavy atom. The molecule has 1 saturated heterocycles. The van der Waals surface area contributed by atoms with Gasteiger partial charge in [-0.1, -0.05) is 13.8 Å². The van der Waals surface area contributed by atoms with Gasteiger partial charge in [0.15, 0.2) is 0 Å². The Hall–Kier alpha value is -2.32. The number of amides is 1. The van der Waals surface area contributed by atoms with E-state index in [0.29, 0.717) is 30.2 Å². The van der Waals surface area contributed by atoms with E-state index in [2.05, 4.69) is 29.1 Å². The lowest BCUT2D eigenvalue weighted by Crippen LogP contribution is -2.41. The zero-order valence-corrected chi connectivity index (χ0v) is 18.2. The third-order valence-electron chi connectivity index (χ3n) is 5.40. The number of nitrogens with one attached hydrogen (secondary N) is 1. The Kier molecular flexibility index (Phi) is 6.05. The normalized spacial score (nSPS) is 17.1. The van der Waals surface area contributed by atoms with Gasteiger partial charge in [-0.2, -0.15) is 0 Å². The molecule has 0 radical (unpaired) electrons. The number of hydrogen-bond acceptors (Lipinski definition) is 5. The Balaban J connectivity index is 1.83. The van der Waals surface area contributed by atoms with Crippen molar-refractivity contribution < 1.29 is 13.2 Å². The summed E-state index contributed by atoms with van der Waals surface area (Å²) in [5, 5.41) is 2.66. The standard InChI is InChI=1S/C21H28N4O3S/c1-15-19(14-29(27,28)25-9-6-21(3,4)7-10-25)11-18(13-23-15)17-5-8-22-20(12-17)24-16(2)26/h5,8,11-13H,6-7,9-10,14H2,1-4H3,(H,22,24,26). The first-order valence-corrected chi connectivity index (χ1v) is 11.3. The molecule has 0 aliphatic carbocycles. The minimum atomic E-state index is -3.41. The van der Waals surface area contributed by atoms with Crippen molar-refractivity contribution in [1.82, 2.24) is 14.3 Å². The molecule has 1 amide bonds. The van der Waals surface area contributed by atoms with E-state index in [-0.39, 0.29) is 17.1 Å². The molecule has 156 valence electrons. The number of sulfonamides is 1. The maximum Gasteiger partial charge on any atom is 0.222 e. The van der Waals surface area contributed by atoms with Crippen LogP contribution < -0.4 is 5.32 Å². The summed E-state index contributed by atoms with van der Waals surface area (Å²) < 4.78 is 27.6. The van der Waals surface area contributed by atoms with Crippen molar-refractivity contribution in [1.29, 1.82) is 0 Å². The summed E-state index contributed by atoms with van der Waals surface area (Å²) in [6.45, 7) is 8.73. The molecule has 8 heteroatoms. The fourth-order valence-electron chi connectivity index (χ4n) is 3.40. The van der Waals surface area contributed by atoms with Gasteiger partial charge < -0.3 is 5.32 Å². The first-order valence-electron chi connectivity index (χ1n) is 9.73. The van der Waals surface area contributed by atoms with Crippen molar-refractivity contribution in [2.75, 3.05) is 18.4 Å². The summed E-state index contributed by atoms with van der Waals surface area (Å²) in [7, 11) is -3.41. The summed E-state index contributed by atoms with van der Waals surface area (Å²) in [4.78, 5) is 19.8. The van der Waals surface area contributed by atoms with Crippen molar-refractivity contribution >= 4 is 21.7 Å². The number of piperidine rings is 1. The van der Waals surface area contributed by atoms with Crippen LogP contribution in [-0.4, -0.2) is 41.7 Å². The van der Waals surface area contributed by atoms with Crippen molar-refractivity contribution in [2.45, 2.75) is 46.3 Å². The lowest BCUT2D eigenvalue weighted by Gasteiger charge is -2.36. The van der Waals surface area contributed by atoms with Crippen molar-refractivity contribution in [3.05, 3.63) is 41.9 Å². The van der Waals surface area contributed by atoms with Crippen LogP contribution in [0.25, 0.3) is 11.1 Å². The van der Waals surface area contributed by atoms with Gasteiger partial charge in [-0.15, -0.1) is 0 Å². The van der Waals surface area contributed by atoms with Gasteiger partial charge in [0.25, 0.3) is 0 Å². The second-order valence-electron chi connectivity index (χ2n) is 8.40. The predicted octanol–water partition coefficient (Wildman–Crippen LogP) is 3.36. The van der Waals surface area contributed by atoms with E-state index in [4.69, 9.17) is 0 Å². The number of carbonyl (C=O) groups is 1. The minimum absolute atomic E-state index is 0.0657. The average Bonchev–Trinajstić information content (AvgIpc) is 2.62. The van der Waals surface area contributed by atoms with E-state index >= 15 is 0 Å². The summed E-state index contributed by atoms with van der Waals surface area (Å²) in [6.07, 6.45) is 5.05. The molecule has 0 atom stereocenters. The van der Waals surface area contributed by atoms with Crippen LogP contribution in [0.1, 0.15) is 44.9 Å². The first-order chi connectivity index (χ1) is 13.6. The largest absolute Gasteiger partial charge is 0.311 e. The number of rotatable bonds is 5. The zero-order chi connectivity index (χ0) is 21.2. The van der Waals surface area contributed by atoms with Gasteiger partial charge in [-0.25, -0.2) is 17.7 Å². The van der Waals surface area contributed by atoms with Crippen LogP contribution >= 0.6 is 0 Å². The SMILES string of the molecule is CC(=O)Nc1cc(-c2cnc(C)c(CS(=O)(=O)N3CCC(C)(C)CC3)c2)ccn1. The molecule has 1 aliphatic heterocycles. The number of hydrogen-bond donors (Lipinski definition) is 1. The third kappa shape index (κ3) is 5.39. The fraction of sp³-hybridized carbons (Fsp3) is 0.476. The highest BCUT2D eigenvalue weighted by Gasteiger charge is 2.32. The van der Waals surface area contributed by atoms with Crippen LogP contribution in [0.4, 0.5) is 5.82 Å². The average molecular weight is 417 g/mol. The van der Waals surface area contributed by atoms with E-state index in [1.54, 1.807) is 22.8 Å². The van der Waals surface area contributed by atoms with Crippen LogP contribution in [-0.2, 0) is 20.6 Å². The second kappa shape index (κ2) is 8.20. The van der Waals surface area contributed by atoms with Gasteiger partial charge in [0.1, 0.15) is 5.82 Å². The molecule has 1 N–H and O–H groups in total. The Bertz CT molecular complexity index is 1010. The molecule has 0 unspecified atom stereocenters. The minimum Gasteiger partial charge on any atom is -0.311 e. The van der Waals surface area contributed by atoms with E-state index in [9.17, 15) is 13.2 Å². The van der Waals surface area contributed by atoms with Crippen LogP contribution in [0.15, 0.2) is 30.6 Å². The van der Waals surface area contributed by atoms with Crippen molar-refractivity contribution in [3.63, 3.8) is 0 Å². The molecule has 1 fully saturated rings. The summed E-state index contributed by atoms with van der Waals surface area (Å²) >= 11 is 0. The van der Waals surface area contributed by atoms with Crippen molar-refractivity contribution in [2.24, 2.45) is 5.41 Å². The monoisotopic (exact) mass is 416 g/mol. The molecular weight excluding hydrogens is 388 g/mol. The number of aromatic nitrogens is 2. The molecule has 0 saturated carbocycles. The molecular formula is C21H28N4O3S. The van der Waals surface area contributed by atoms with Gasteiger partial charge in [0.05, 0.1) is 5.75 Å². The zero-order valence-electron chi connectivity index (χ0n) is 17.4. The molecule has 1 aliphatic rings. The Morgan fingerprint density at radius 1 is 1.17 bits per heavy atom. The van der Waals surface area contributed by atoms with E-state index in [1.165, 1.54) is 6.92 Å². The maximum atomic E-state index is 13.0. The van der Waals surface area contributed by atoms with Gasteiger partial charge in [-0.3, -0.25) is 9.78 Å². The van der Waals surface area contributed by atoms with Gasteiger partial charge >= 0.3 is 0 Å². The van der Waals surface area contributed by atoms with Crippen LogP contribution in [0.5, 0.6) is 0 Å². The highest BCUT2D eigenvalue weighted by Crippen LogP contribution is 2.32. The highest BCUT2D eigenvalue weighted by atomic mass is 32.2.